The van der Waals surface area contributed by atoms with Crippen molar-refractivity contribution < 1.29 is 9.18 Å². The number of halogens is 2. The maximum absolute atomic E-state index is 13.5. The highest BCUT2D eigenvalue weighted by Gasteiger charge is 2.24. The molecule has 1 aliphatic rings. The molecular weight excluding hydrogens is 311 g/mol. The summed E-state index contributed by atoms with van der Waals surface area (Å²) in [6.07, 6.45) is 1.92. The second-order valence-corrected chi connectivity index (χ2v) is 6.06. The van der Waals surface area contributed by atoms with Crippen LogP contribution in [0.4, 0.5) is 10.1 Å². The fourth-order valence-corrected chi connectivity index (χ4v) is 2.77. The summed E-state index contributed by atoms with van der Waals surface area (Å²) in [5, 5.41) is 6.01. The minimum atomic E-state index is -0.370. The standard InChI is InChI=1S/C14H18BrFN2O/c1-8-3-4-17-13(5-8)14(19)18-12-7-11(16)10(15)6-9(12)2/h6-8,13,17H,3-5H2,1-2H3,(H,18,19). The number of benzene rings is 1. The van der Waals surface area contributed by atoms with Crippen molar-refractivity contribution in [3.05, 3.63) is 28.0 Å². The van der Waals surface area contributed by atoms with Crippen LogP contribution in [0.15, 0.2) is 16.6 Å². The molecule has 1 aromatic carbocycles. The van der Waals surface area contributed by atoms with E-state index in [0.717, 1.165) is 24.9 Å². The third-order valence-electron chi connectivity index (χ3n) is 3.51. The van der Waals surface area contributed by atoms with E-state index in [1.807, 2.05) is 6.92 Å². The molecule has 0 aromatic heterocycles. The van der Waals surface area contributed by atoms with Gasteiger partial charge in [0.05, 0.1) is 10.5 Å². The molecule has 1 saturated heterocycles. The Bertz CT molecular complexity index is 493. The highest BCUT2D eigenvalue weighted by molar-refractivity contribution is 9.10. The smallest absolute Gasteiger partial charge is 0.241 e. The van der Waals surface area contributed by atoms with Crippen LogP contribution in [0.2, 0.25) is 0 Å². The molecule has 2 atom stereocenters. The van der Waals surface area contributed by atoms with Crippen molar-refractivity contribution in [3.63, 3.8) is 0 Å². The maximum atomic E-state index is 13.5. The first-order valence-corrected chi connectivity index (χ1v) is 7.26. The highest BCUT2D eigenvalue weighted by Crippen LogP contribution is 2.24. The summed E-state index contributed by atoms with van der Waals surface area (Å²) in [5.41, 5.74) is 1.37. The zero-order valence-corrected chi connectivity index (χ0v) is 12.7. The van der Waals surface area contributed by atoms with Crippen LogP contribution in [-0.2, 0) is 4.79 Å². The Balaban J connectivity index is 2.08. The van der Waals surface area contributed by atoms with E-state index < -0.39 is 0 Å². The van der Waals surface area contributed by atoms with Gasteiger partial charge in [-0.15, -0.1) is 0 Å². The van der Waals surface area contributed by atoms with Gasteiger partial charge in [-0.25, -0.2) is 4.39 Å². The number of anilines is 1. The molecule has 1 fully saturated rings. The van der Waals surface area contributed by atoms with Gasteiger partial charge in [-0.3, -0.25) is 4.79 Å². The number of carbonyl (C=O) groups is 1. The van der Waals surface area contributed by atoms with Crippen LogP contribution in [0.25, 0.3) is 0 Å². The molecule has 0 radical (unpaired) electrons. The topological polar surface area (TPSA) is 41.1 Å². The molecule has 1 amide bonds. The van der Waals surface area contributed by atoms with Gasteiger partial charge in [-0.05, 0) is 65.9 Å². The molecular formula is C14H18BrFN2O. The molecule has 1 aromatic rings. The molecule has 0 saturated carbocycles. The summed E-state index contributed by atoms with van der Waals surface area (Å²) >= 11 is 3.13. The van der Waals surface area contributed by atoms with Crippen molar-refractivity contribution in [2.24, 2.45) is 5.92 Å². The van der Waals surface area contributed by atoms with Crippen LogP contribution in [0.1, 0.15) is 25.3 Å². The number of piperidine rings is 1. The predicted octanol–water partition coefficient (Wildman–Crippen LogP) is 3.22. The molecule has 0 bridgehead atoms. The Morgan fingerprint density at radius 3 is 2.95 bits per heavy atom. The van der Waals surface area contributed by atoms with Crippen molar-refractivity contribution in [3.8, 4) is 0 Å². The predicted molar refractivity (Wildman–Crippen MR) is 77.7 cm³/mol. The summed E-state index contributed by atoms with van der Waals surface area (Å²) in [6, 6.07) is 2.83. The third-order valence-corrected chi connectivity index (χ3v) is 4.12. The van der Waals surface area contributed by atoms with E-state index in [1.54, 1.807) is 6.07 Å². The summed E-state index contributed by atoms with van der Waals surface area (Å²) in [7, 11) is 0. The number of rotatable bonds is 2. The molecule has 104 valence electrons. The zero-order valence-electron chi connectivity index (χ0n) is 11.1. The SMILES string of the molecule is Cc1cc(Br)c(F)cc1NC(=O)C1CC(C)CCN1. The van der Waals surface area contributed by atoms with Crippen molar-refractivity contribution in [2.45, 2.75) is 32.7 Å². The van der Waals surface area contributed by atoms with Crippen molar-refractivity contribution >= 4 is 27.5 Å². The lowest BCUT2D eigenvalue weighted by molar-refractivity contribution is -0.119. The second kappa shape index (κ2) is 6.01. The first-order chi connectivity index (χ1) is 8.97. The van der Waals surface area contributed by atoms with Gasteiger partial charge in [0.25, 0.3) is 0 Å². The van der Waals surface area contributed by atoms with Gasteiger partial charge in [0.2, 0.25) is 5.91 Å². The molecule has 2 N–H and O–H groups in total. The maximum Gasteiger partial charge on any atom is 0.241 e. The fraction of sp³-hybridized carbons (Fsp3) is 0.500. The summed E-state index contributed by atoms with van der Waals surface area (Å²) in [6.45, 7) is 4.84. The lowest BCUT2D eigenvalue weighted by Crippen LogP contribution is -2.45. The lowest BCUT2D eigenvalue weighted by Gasteiger charge is -2.27. The molecule has 2 rings (SSSR count). The van der Waals surface area contributed by atoms with Gasteiger partial charge >= 0.3 is 0 Å². The summed E-state index contributed by atoms with van der Waals surface area (Å²) in [4.78, 5) is 12.2. The fourth-order valence-electron chi connectivity index (χ4n) is 2.31. The monoisotopic (exact) mass is 328 g/mol. The van der Waals surface area contributed by atoms with E-state index in [9.17, 15) is 9.18 Å². The van der Waals surface area contributed by atoms with E-state index in [0.29, 0.717) is 16.1 Å². The largest absolute Gasteiger partial charge is 0.324 e. The lowest BCUT2D eigenvalue weighted by atomic mass is 9.94. The number of hydrogen-bond acceptors (Lipinski definition) is 2. The second-order valence-electron chi connectivity index (χ2n) is 5.21. The van der Waals surface area contributed by atoms with Crippen molar-refractivity contribution in [2.75, 3.05) is 11.9 Å². The molecule has 1 aliphatic heterocycles. The number of nitrogens with one attached hydrogen (secondary N) is 2. The van der Waals surface area contributed by atoms with Crippen LogP contribution in [0.3, 0.4) is 0 Å². The first kappa shape index (κ1) is 14.5. The van der Waals surface area contributed by atoms with Crippen molar-refractivity contribution in [1.29, 1.82) is 0 Å². The Morgan fingerprint density at radius 1 is 1.53 bits per heavy atom. The van der Waals surface area contributed by atoms with E-state index in [2.05, 4.69) is 33.5 Å². The molecule has 2 unspecified atom stereocenters. The minimum Gasteiger partial charge on any atom is -0.324 e. The van der Waals surface area contributed by atoms with Crippen LogP contribution in [0, 0.1) is 18.7 Å². The highest BCUT2D eigenvalue weighted by atomic mass is 79.9. The molecule has 3 nitrogen and oxygen atoms in total. The molecule has 0 aliphatic carbocycles. The number of carbonyl (C=O) groups excluding carboxylic acids is 1. The summed E-state index contributed by atoms with van der Waals surface area (Å²) in [5.74, 6) is 0.0852. The van der Waals surface area contributed by atoms with Gasteiger partial charge in [-0.2, -0.15) is 0 Å². The van der Waals surface area contributed by atoms with Gasteiger partial charge in [0, 0.05) is 5.69 Å². The Morgan fingerprint density at radius 2 is 2.26 bits per heavy atom. The molecule has 0 spiro atoms. The van der Waals surface area contributed by atoms with Gasteiger partial charge in [0.15, 0.2) is 0 Å². The van der Waals surface area contributed by atoms with E-state index in [4.69, 9.17) is 0 Å². The minimum absolute atomic E-state index is 0.0867. The normalized spacial score (nSPS) is 23.2. The Hall–Kier alpha value is -0.940. The first-order valence-electron chi connectivity index (χ1n) is 6.47. The van der Waals surface area contributed by atoms with Crippen LogP contribution in [-0.4, -0.2) is 18.5 Å². The van der Waals surface area contributed by atoms with Gasteiger partial charge < -0.3 is 10.6 Å². The van der Waals surface area contributed by atoms with Crippen LogP contribution in [0.5, 0.6) is 0 Å². The average molecular weight is 329 g/mol. The molecule has 19 heavy (non-hydrogen) atoms. The van der Waals surface area contributed by atoms with E-state index in [1.165, 1.54) is 6.07 Å². The quantitative estimate of drug-likeness (QED) is 0.875. The Labute approximate surface area is 121 Å². The third kappa shape index (κ3) is 3.54. The van der Waals surface area contributed by atoms with Crippen molar-refractivity contribution in [1.82, 2.24) is 5.32 Å². The molecule has 1 heterocycles. The number of aryl methyl sites for hydroxylation is 1. The number of hydrogen-bond donors (Lipinski definition) is 2. The zero-order chi connectivity index (χ0) is 14.0. The Kier molecular flexibility index (Phi) is 4.58. The van der Waals surface area contributed by atoms with E-state index >= 15 is 0 Å². The summed E-state index contributed by atoms with van der Waals surface area (Å²) < 4.78 is 13.9. The van der Waals surface area contributed by atoms with Gasteiger partial charge in [-0.1, -0.05) is 6.92 Å². The van der Waals surface area contributed by atoms with E-state index in [-0.39, 0.29) is 17.8 Å². The van der Waals surface area contributed by atoms with Crippen LogP contribution >= 0.6 is 15.9 Å². The number of amides is 1. The van der Waals surface area contributed by atoms with Crippen LogP contribution < -0.4 is 10.6 Å². The molecule has 5 heteroatoms. The average Bonchev–Trinajstić information content (AvgIpc) is 2.36. The van der Waals surface area contributed by atoms with Gasteiger partial charge in [0.1, 0.15) is 5.82 Å².